The molecule has 0 bridgehead atoms. The van der Waals surface area contributed by atoms with Crippen LogP contribution in [0.5, 0.6) is 5.75 Å². The molecule has 6 heteroatoms. The lowest BCUT2D eigenvalue weighted by Crippen LogP contribution is -2.04. The fraction of sp³-hybridized carbons (Fsp3) is 0.308. The van der Waals surface area contributed by atoms with Gasteiger partial charge in [0.25, 0.3) is 0 Å². The van der Waals surface area contributed by atoms with Gasteiger partial charge < -0.3 is 4.74 Å². The molecule has 0 fully saturated rings. The number of carbonyl (C=O) groups excluding carboxylic acids is 1. The maximum Gasteiger partial charge on any atom is 0.180 e. The Balaban J connectivity index is 1.92. The second kappa shape index (κ2) is 5.02. The van der Waals surface area contributed by atoms with Crippen LogP contribution in [0.3, 0.4) is 0 Å². The lowest BCUT2D eigenvalue weighted by Gasteiger charge is -2.08. The van der Waals surface area contributed by atoms with Crippen LogP contribution in [0, 0.1) is 6.92 Å². The van der Waals surface area contributed by atoms with Crippen molar-refractivity contribution in [3.8, 4) is 5.75 Å². The maximum atomic E-state index is 12.3. The number of Topliss-reactive ketones (excluding diaryl/α,β-unsaturated/α-hetero) is 1. The minimum absolute atomic E-state index is 0.0447. The molecule has 0 spiro atoms. The molecule has 1 aromatic heterocycles. The van der Waals surface area contributed by atoms with E-state index in [-0.39, 0.29) is 5.78 Å². The van der Waals surface area contributed by atoms with E-state index in [1.54, 1.807) is 6.92 Å². The lowest BCUT2D eigenvalue weighted by molar-refractivity contribution is 0.0995. The summed E-state index contributed by atoms with van der Waals surface area (Å²) in [4.78, 5) is 12.9. The smallest absolute Gasteiger partial charge is 0.180 e. The van der Waals surface area contributed by atoms with E-state index in [9.17, 15) is 4.79 Å². The second-order valence-corrected chi connectivity index (χ2v) is 6.11. The number of aryl methyl sites for hydroxylation is 1. The summed E-state index contributed by atoms with van der Waals surface area (Å²) in [5, 5.41) is 3.88. The fourth-order valence-electron chi connectivity index (χ4n) is 2.22. The third-order valence-electron chi connectivity index (χ3n) is 3.08. The Labute approximate surface area is 123 Å². The van der Waals surface area contributed by atoms with Crippen LogP contribution in [0.4, 0.5) is 0 Å². The van der Waals surface area contributed by atoms with E-state index >= 15 is 0 Å². The van der Waals surface area contributed by atoms with Crippen LogP contribution in [0.25, 0.3) is 0 Å². The molecule has 0 saturated carbocycles. The molecule has 98 valence electrons. The molecule has 0 unspecified atom stereocenters. The summed E-state index contributed by atoms with van der Waals surface area (Å²) in [7, 11) is 0. The molecule has 0 aliphatic carbocycles. The first-order chi connectivity index (χ1) is 9.15. The van der Waals surface area contributed by atoms with Crippen molar-refractivity contribution in [3.05, 3.63) is 38.3 Å². The molecular weight excluding hydrogens is 328 g/mol. The number of hydrogen-bond donors (Lipinski definition) is 0. The minimum Gasteiger partial charge on any atom is -0.493 e. The summed E-state index contributed by atoms with van der Waals surface area (Å²) in [6.07, 6.45) is 1.23. The lowest BCUT2D eigenvalue weighted by atomic mass is 10.0. The summed E-state index contributed by atoms with van der Waals surface area (Å²) >= 11 is 4.63. The van der Waals surface area contributed by atoms with Crippen molar-refractivity contribution in [2.45, 2.75) is 19.8 Å². The van der Waals surface area contributed by atoms with Gasteiger partial charge in [0, 0.05) is 22.9 Å². The average molecular weight is 339 g/mol. The quantitative estimate of drug-likeness (QED) is 0.807. The van der Waals surface area contributed by atoms with E-state index in [1.165, 1.54) is 0 Å². The highest BCUT2D eigenvalue weighted by molar-refractivity contribution is 9.10. The van der Waals surface area contributed by atoms with Crippen LogP contribution in [0.2, 0.25) is 0 Å². The largest absolute Gasteiger partial charge is 0.493 e. The number of nitrogens with zero attached hydrogens (tertiary/aromatic N) is 2. The van der Waals surface area contributed by atoms with Gasteiger partial charge in [-0.05, 0) is 36.2 Å². The molecular formula is C13H11BrN2O2S. The van der Waals surface area contributed by atoms with Crippen molar-refractivity contribution in [1.82, 2.24) is 9.59 Å². The SMILES string of the molecule is Cc1nnsc1C(=O)Cc1cc(Br)cc2c1OCC2. The highest BCUT2D eigenvalue weighted by Gasteiger charge is 2.21. The molecule has 4 nitrogen and oxygen atoms in total. The molecule has 0 N–H and O–H groups in total. The van der Waals surface area contributed by atoms with Crippen molar-refractivity contribution in [2.75, 3.05) is 6.61 Å². The van der Waals surface area contributed by atoms with E-state index in [2.05, 4.69) is 31.6 Å². The Bertz CT molecular complexity index is 654. The van der Waals surface area contributed by atoms with Gasteiger partial charge in [-0.25, -0.2) is 0 Å². The minimum atomic E-state index is 0.0447. The first kappa shape index (κ1) is 12.7. The van der Waals surface area contributed by atoms with E-state index in [0.29, 0.717) is 23.6 Å². The molecule has 19 heavy (non-hydrogen) atoms. The van der Waals surface area contributed by atoms with Crippen molar-refractivity contribution < 1.29 is 9.53 Å². The van der Waals surface area contributed by atoms with Gasteiger partial charge in [-0.1, -0.05) is 20.4 Å². The summed E-state index contributed by atoms with van der Waals surface area (Å²) in [6.45, 7) is 2.49. The fourth-order valence-corrected chi connectivity index (χ4v) is 3.36. The van der Waals surface area contributed by atoms with E-state index in [1.807, 2.05) is 6.07 Å². The number of hydrogen-bond acceptors (Lipinski definition) is 5. The Kier molecular flexibility index (Phi) is 3.36. The maximum absolute atomic E-state index is 12.3. The number of aromatic nitrogens is 2. The standard InChI is InChI=1S/C13H11BrN2O2S/c1-7-13(19-16-15-7)11(17)6-9-5-10(14)4-8-2-3-18-12(8)9/h4-5H,2-3,6H2,1H3. The number of benzene rings is 1. The third-order valence-corrected chi connectivity index (χ3v) is 4.41. The topological polar surface area (TPSA) is 52.1 Å². The highest BCUT2D eigenvalue weighted by atomic mass is 79.9. The van der Waals surface area contributed by atoms with Gasteiger partial charge in [-0.15, -0.1) is 5.10 Å². The van der Waals surface area contributed by atoms with Gasteiger partial charge in [-0.3, -0.25) is 4.79 Å². The van der Waals surface area contributed by atoms with E-state index in [0.717, 1.165) is 39.3 Å². The normalized spacial score (nSPS) is 13.2. The van der Waals surface area contributed by atoms with Crippen molar-refractivity contribution in [1.29, 1.82) is 0 Å². The van der Waals surface area contributed by atoms with Gasteiger partial charge >= 0.3 is 0 Å². The number of rotatable bonds is 3. The predicted octanol–water partition coefficient (Wildman–Crippen LogP) is 2.97. The van der Waals surface area contributed by atoms with Gasteiger partial charge in [-0.2, -0.15) is 0 Å². The van der Waals surface area contributed by atoms with Gasteiger partial charge in [0.05, 0.1) is 12.3 Å². The van der Waals surface area contributed by atoms with Crippen molar-refractivity contribution in [2.24, 2.45) is 0 Å². The molecule has 2 heterocycles. The Morgan fingerprint density at radius 3 is 3.11 bits per heavy atom. The van der Waals surface area contributed by atoms with E-state index < -0.39 is 0 Å². The van der Waals surface area contributed by atoms with Crippen LogP contribution < -0.4 is 4.74 Å². The zero-order valence-electron chi connectivity index (χ0n) is 10.3. The number of halogens is 1. The monoisotopic (exact) mass is 338 g/mol. The average Bonchev–Trinajstić information content (AvgIpc) is 2.97. The number of ether oxygens (including phenoxy) is 1. The van der Waals surface area contributed by atoms with Gasteiger partial charge in [0.1, 0.15) is 10.6 Å². The first-order valence-corrected chi connectivity index (χ1v) is 7.48. The molecule has 0 radical (unpaired) electrons. The Hall–Kier alpha value is -1.27. The zero-order chi connectivity index (χ0) is 13.4. The summed E-state index contributed by atoms with van der Waals surface area (Å²) in [6, 6.07) is 4.00. The Morgan fingerprint density at radius 2 is 2.37 bits per heavy atom. The summed E-state index contributed by atoms with van der Waals surface area (Å²) in [5.74, 6) is 0.912. The second-order valence-electron chi connectivity index (χ2n) is 4.44. The van der Waals surface area contributed by atoms with Crippen LogP contribution >= 0.6 is 27.5 Å². The number of carbonyl (C=O) groups is 1. The molecule has 0 saturated heterocycles. The van der Waals surface area contributed by atoms with E-state index in [4.69, 9.17) is 4.74 Å². The molecule has 0 atom stereocenters. The summed E-state index contributed by atoms with van der Waals surface area (Å²) < 4.78 is 10.4. The number of ketones is 1. The summed E-state index contributed by atoms with van der Waals surface area (Å²) in [5.41, 5.74) is 2.79. The Morgan fingerprint density at radius 1 is 1.53 bits per heavy atom. The molecule has 2 aromatic rings. The molecule has 1 aromatic carbocycles. The number of fused-ring (bicyclic) bond motifs is 1. The van der Waals surface area contributed by atoms with Crippen LogP contribution in [-0.2, 0) is 12.8 Å². The molecule has 0 amide bonds. The van der Waals surface area contributed by atoms with Gasteiger partial charge in [0.2, 0.25) is 0 Å². The van der Waals surface area contributed by atoms with Crippen molar-refractivity contribution in [3.63, 3.8) is 0 Å². The predicted molar refractivity (Wildman–Crippen MR) is 76.0 cm³/mol. The third kappa shape index (κ3) is 2.42. The highest BCUT2D eigenvalue weighted by Crippen LogP contribution is 2.33. The van der Waals surface area contributed by atoms with Crippen LogP contribution in [0.1, 0.15) is 26.5 Å². The molecule has 1 aliphatic rings. The molecule has 3 rings (SSSR count). The molecule has 1 aliphatic heterocycles. The van der Waals surface area contributed by atoms with Crippen LogP contribution in [0.15, 0.2) is 16.6 Å². The van der Waals surface area contributed by atoms with Crippen molar-refractivity contribution >= 4 is 33.2 Å². The zero-order valence-corrected chi connectivity index (χ0v) is 12.7. The van der Waals surface area contributed by atoms with Gasteiger partial charge in [0.15, 0.2) is 5.78 Å². The first-order valence-electron chi connectivity index (χ1n) is 5.91. The van der Waals surface area contributed by atoms with Crippen LogP contribution in [-0.4, -0.2) is 22.0 Å².